The number of carbonyl (C=O) groups is 1. The second kappa shape index (κ2) is 35.3. The third-order valence-electron chi connectivity index (χ3n) is 9.72. The van der Waals surface area contributed by atoms with Crippen LogP contribution in [0.1, 0.15) is 219 Å². The largest absolute Gasteiger partial charge is 0.395 e. The summed E-state index contributed by atoms with van der Waals surface area (Å²) >= 11 is 0. The lowest BCUT2D eigenvalue weighted by molar-refractivity contribution is -0.135. The summed E-state index contributed by atoms with van der Waals surface area (Å²) in [5.41, 5.74) is 4.25. The minimum absolute atomic E-state index is 0.252. The zero-order valence-corrected chi connectivity index (χ0v) is 31.1. The second-order valence-electron chi connectivity index (χ2n) is 14.2. The quantitative estimate of drug-likeness (QED) is 0.0463. The smallest absolute Gasteiger partial charge is 0.169 e. The molecule has 4 N–H and O–H groups in total. The number of Topliss-reactive ketones (excluding diaryl/α,β-unsaturated/α-hetero) is 1. The van der Waals surface area contributed by atoms with Crippen molar-refractivity contribution in [3.05, 3.63) is 24.3 Å². The Morgan fingerprint density at radius 2 is 0.826 bits per heavy atom. The van der Waals surface area contributed by atoms with Crippen molar-refractivity contribution in [2.45, 2.75) is 231 Å². The van der Waals surface area contributed by atoms with Gasteiger partial charge >= 0.3 is 0 Å². The Balaban J connectivity index is 3.78. The van der Waals surface area contributed by atoms with Crippen molar-refractivity contribution < 1.29 is 15.0 Å². The molecular weight excluding hydrogens is 566 g/mol. The molecule has 0 fully saturated rings. The zero-order chi connectivity index (χ0) is 33.8. The second-order valence-corrected chi connectivity index (χ2v) is 14.2. The standard InChI is InChI=1S/C42H81NO3/c1-3-5-7-9-11-13-15-17-18-19-20-21-22-23-24-25-27-29-31-33-35-37-41(45)42(46,40(43)39-44)38-36-34-32-30-28-26-16-14-12-10-8-6-4-2/h17-18,36,38,40,44,46H,3-16,19-35,37,39,43H2,1-2H3/b18-17-,38-36+/t40-,42+/m0/s1. The van der Waals surface area contributed by atoms with E-state index < -0.39 is 18.2 Å². The number of nitrogens with two attached hydrogens (primary N) is 1. The van der Waals surface area contributed by atoms with Gasteiger partial charge in [-0.15, -0.1) is 0 Å². The van der Waals surface area contributed by atoms with Crippen molar-refractivity contribution in [3.63, 3.8) is 0 Å². The summed E-state index contributed by atoms with van der Waals surface area (Å²) in [7, 11) is 0. The van der Waals surface area contributed by atoms with Crippen molar-refractivity contribution in [3.8, 4) is 0 Å². The molecule has 0 spiro atoms. The number of carbonyl (C=O) groups excluding carboxylic acids is 1. The van der Waals surface area contributed by atoms with Gasteiger partial charge in [-0.05, 0) is 51.0 Å². The van der Waals surface area contributed by atoms with E-state index in [1.54, 1.807) is 6.08 Å². The molecule has 0 aromatic rings. The molecule has 0 unspecified atom stereocenters. The first-order chi connectivity index (χ1) is 22.5. The molecule has 272 valence electrons. The summed E-state index contributed by atoms with van der Waals surface area (Å²) in [6, 6.07) is -0.972. The highest BCUT2D eigenvalue weighted by molar-refractivity contribution is 5.90. The number of aliphatic hydroxyl groups is 2. The van der Waals surface area contributed by atoms with Crippen LogP contribution < -0.4 is 5.73 Å². The van der Waals surface area contributed by atoms with Crippen LogP contribution in [0.5, 0.6) is 0 Å². The maximum atomic E-state index is 12.9. The molecule has 0 aliphatic rings. The molecule has 0 bridgehead atoms. The van der Waals surface area contributed by atoms with Gasteiger partial charge in [0.25, 0.3) is 0 Å². The topological polar surface area (TPSA) is 83.5 Å². The number of ketones is 1. The number of allylic oxidation sites excluding steroid dienone is 3. The van der Waals surface area contributed by atoms with Gasteiger partial charge in [0.2, 0.25) is 0 Å². The summed E-state index contributed by atoms with van der Waals surface area (Å²) in [6.45, 7) is 4.14. The average molecular weight is 648 g/mol. The van der Waals surface area contributed by atoms with Gasteiger partial charge in [-0.2, -0.15) is 0 Å². The van der Waals surface area contributed by atoms with Crippen LogP contribution in [0.15, 0.2) is 24.3 Å². The molecule has 0 aromatic carbocycles. The summed E-state index contributed by atoms with van der Waals surface area (Å²) in [5, 5.41) is 20.7. The van der Waals surface area contributed by atoms with E-state index in [0.717, 1.165) is 32.1 Å². The van der Waals surface area contributed by atoms with Crippen LogP contribution in [0.25, 0.3) is 0 Å². The number of aliphatic hydroxyl groups excluding tert-OH is 1. The Morgan fingerprint density at radius 1 is 0.522 bits per heavy atom. The van der Waals surface area contributed by atoms with E-state index in [9.17, 15) is 15.0 Å². The van der Waals surface area contributed by atoms with Crippen LogP contribution in [0.2, 0.25) is 0 Å². The van der Waals surface area contributed by atoms with Crippen LogP contribution >= 0.6 is 0 Å². The van der Waals surface area contributed by atoms with Crippen molar-refractivity contribution in [1.82, 2.24) is 0 Å². The lowest BCUT2D eigenvalue weighted by atomic mass is 9.86. The maximum Gasteiger partial charge on any atom is 0.169 e. The number of hydrogen-bond donors (Lipinski definition) is 3. The van der Waals surface area contributed by atoms with Gasteiger partial charge in [-0.25, -0.2) is 0 Å². The summed E-state index contributed by atoms with van der Waals surface area (Å²) < 4.78 is 0. The van der Waals surface area contributed by atoms with Crippen molar-refractivity contribution in [1.29, 1.82) is 0 Å². The van der Waals surface area contributed by atoms with Crippen LogP contribution in [-0.2, 0) is 4.79 Å². The molecule has 0 amide bonds. The molecule has 2 atom stereocenters. The Morgan fingerprint density at radius 3 is 1.17 bits per heavy atom. The first kappa shape index (κ1) is 45.0. The normalized spacial score (nSPS) is 14.0. The minimum Gasteiger partial charge on any atom is -0.395 e. The first-order valence-corrected chi connectivity index (χ1v) is 20.5. The molecule has 0 saturated carbocycles. The predicted molar refractivity (Wildman–Crippen MR) is 202 cm³/mol. The summed E-state index contributed by atoms with van der Waals surface area (Å²) in [6.07, 6.45) is 48.0. The van der Waals surface area contributed by atoms with Gasteiger partial charge < -0.3 is 15.9 Å². The molecule has 0 aromatic heterocycles. The van der Waals surface area contributed by atoms with Crippen molar-refractivity contribution in [2.75, 3.05) is 6.61 Å². The van der Waals surface area contributed by atoms with Gasteiger partial charge in [0, 0.05) is 6.42 Å². The minimum atomic E-state index is -1.75. The van der Waals surface area contributed by atoms with E-state index in [2.05, 4.69) is 26.0 Å². The monoisotopic (exact) mass is 648 g/mol. The van der Waals surface area contributed by atoms with Crippen LogP contribution in [0, 0.1) is 0 Å². The first-order valence-electron chi connectivity index (χ1n) is 20.5. The molecule has 0 heterocycles. The maximum absolute atomic E-state index is 12.9. The van der Waals surface area contributed by atoms with E-state index >= 15 is 0 Å². The molecule has 0 aliphatic carbocycles. The number of unbranched alkanes of at least 4 members (excludes halogenated alkanes) is 28. The molecule has 0 saturated heterocycles. The fraction of sp³-hybridized carbons (Fsp3) is 0.881. The molecule has 4 nitrogen and oxygen atoms in total. The van der Waals surface area contributed by atoms with Crippen LogP contribution in [0.3, 0.4) is 0 Å². The molecular formula is C42H81NO3. The molecule has 46 heavy (non-hydrogen) atoms. The van der Waals surface area contributed by atoms with Gasteiger partial charge in [0.15, 0.2) is 11.4 Å². The molecule has 0 aliphatic heterocycles. The van der Waals surface area contributed by atoms with Gasteiger partial charge in [0.05, 0.1) is 12.6 Å². The number of rotatable bonds is 37. The third kappa shape index (κ3) is 28.1. The highest BCUT2D eigenvalue weighted by atomic mass is 16.3. The van der Waals surface area contributed by atoms with Crippen LogP contribution in [0.4, 0.5) is 0 Å². The average Bonchev–Trinajstić information content (AvgIpc) is 3.06. The van der Waals surface area contributed by atoms with E-state index in [4.69, 9.17) is 5.73 Å². The fourth-order valence-corrected chi connectivity index (χ4v) is 6.37. The van der Waals surface area contributed by atoms with Crippen LogP contribution in [-0.4, -0.2) is 34.2 Å². The van der Waals surface area contributed by atoms with Crippen molar-refractivity contribution in [2.24, 2.45) is 5.73 Å². The van der Waals surface area contributed by atoms with Crippen molar-refractivity contribution >= 4 is 5.78 Å². The lowest BCUT2D eigenvalue weighted by Crippen LogP contribution is -2.54. The lowest BCUT2D eigenvalue weighted by Gasteiger charge is -2.28. The Bertz CT molecular complexity index is 690. The SMILES string of the molecule is CCCCCCCC/C=C\CCCCCCCCCCCCCC(=O)[C@@](O)(/C=C/CCCCCCCCCCCCC)[C@@H](N)CO. The van der Waals surface area contributed by atoms with Gasteiger partial charge in [-0.3, -0.25) is 4.79 Å². The van der Waals surface area contributed by atoms with E-state index in [-0.39, 0.29) is 5.78 Å². The Kier molecular flexibility index (Phi) is 34.6. The van der Waals surface area contributed by atoms with E-state index in [0.29, 0.717) is 6.42 Å². The van der Waals surface area contributed by atoms with E-state index in [1.807, 2.05) is 6.08 Å². The summed E-state index contributed by atoms with van der Waals surface area (Å²) in [4.78, 5) is 12.9. The molecule has 0 radical (unpaired) electrons. The Labute approximate surface area is 287 Å². The highest BCUT2D eigenvalue weighted by Gasteiger charge is 2.38. The Hall–Kier alpha value is -0.970. The predicted octanol–water partition coefficient (Wildman–Crippen LogP) is 12.2. The highest BCUT2D eigenvalue weighted by Crippen LogP contribution is 2.20. The third-order valence-corrected chi connectivity index (χ3v) is 9.72. The molecule has 0 rings (SSSR count). The summed E-state index contributed by atoms with van der Waals surface area (Å²) in [5.74, 6) is -0.252. The van der Waals surface area contributed by atoms with Gasteiger partial charge in [-0.1, -0.05) is 186 Å². The molecule has 4 heteroatoms. The van der Waals surface area contributed by atoms with E-state index in [1.165, 1.54) is 167 Å². The number of hydrogen-bond acceptors (Lipinski definition) is 4. The van der Waals surface area contributed by atoms with Gasteiger partial charge in [0.1, 0.15) is 0 Å². The fourth-order valence-electron chi connectivity index (χ4n) is 6.37. The zero-order valence-electron chi connectivity index (χ0n) is 31.1.